The van der Waals surface area contributed by atoms with Crippen LogP contribution in [0.15, 0.2) is 39.5 Å². The van der Waals surface area contributed by atoms with Gasteiger partial charge in [-0.05, 0) is 43.4 Å². The number of oxime groups is 1. The molecular formula is C15H18BrNO. The van der Waals surface area contributed by atoms with E-state index in [2.05, 4.69) is 40.1 Å². The standard InChI is InChI=1S/C15H18BrNO/c1-2-3-5-11-8-9-14(17-18)15(11)12-6-4-7-13(16)10-12/h4,6-7,10,18H,2-3,5,8-9H2,1H3. The number of nitrogens with zero attached hydrogens (tertiary/aromatic N) is 1. The van der Waals surface area contributed by atoms with Crippen LogP contribution in [0.25, 0.3) is 5.57 Å². The Morgan fingerprint density at radius 1 is 1.33 bits per heavy atom. The van der Waals surface area contributed by atoms with Crippen molar-refractivity contribution in [3.8, 4) is 0 Å². The molecule has 2 rings (SSSR count). The molecular weight excluding hydrogens is 290 g/mol. The van der Waals surface area contributed by atoms with E-state index in [9.17, 15) is 0 Å². The number of unbranched alkanes of at least 4 members (excludes halogenated alkanes) is 1. The van der Waals surface area contributed by atoms with Crippen LogP contribution in [0.1, 0.15) is 44.6 Å². The predicted octanol–water partition coefficient (Wildman–Crippen LogP) is 5.02. The molecule has 18 heavy (non-hydrogen) atoms. The van der Waals surface area contributed by atoms with Gasteiger partial charge in [-0.2, -0.15) is 0 Å². The molecule has 2 nitrogen and oxygen atoms in total. The van der Waals surface area contributed by atoms with Gasteiger partial charge in [-0.25, -0.2) is 0 Å². The molecule has 0 atom stereocenters. The summed E-state index contributed by atoms with van der Waals surface area (Å²) in [6.45, 7) is 2.20. The maximum atomic E-state index is 9.15. The van der Waals surface area contributed by atoms with Crippen LogP contribution in [-0.4, -0.2) is 10.9 Å². The van der Waals surface area contributed by atoms with Crippen LogP contribution in [0.3, 0.4) is 0 Å². The fraction of sp³-hybridized carbons (Fsp3) is 0.400. The number of benzene rings is 1. The maximum absolute atomic E-state index is 9.15. The first-order valence-electron chi connectivity index (χ1n) is 6.45. The van der Waals surface area contributed by atoms with Gasteiger partial charge in [0.05, 0.1) is 5.71 Å². The smallest absolute Gasteiger partial charge is 0.0876 e. The molecule has 1 aliphatic carbocycles. The van der Waals surface area contributed by atoms with Gasteiger partial charge in [-0.15, -0.1) is 0 Å². The highest BCUT2D eigenvalue weighted by molar-refractivity contribution is 9.10. The van der Waals surface area contributed by atoms with Gasteiger partial charge in [0.2, 0.25) is 0 Å². The lowest BCUT2D eigenvalue weighted by atomic mass is 9.98. The Hall–Kier alpha value is -1.09. The minimum Gasteiger partial charge on any atom is -0.411 e. The first kappa shape index (κ1) is 13.3. The van der Waals surface area contributed by atoms with E-state index in [4.69, 9.17) is 5.21 Å². The SMILES string of the molecule is CCCCC1=C(c2cccc(Br)c2)C(=NO)CC1. The molecule has 0 radical (unpaired) electrons. The van der Waals surface area contributed by atoms with E-state index in [1.165, 1.54) is 18.4 Å². The highest BCUT2D eigenvalue weighted by atomic mass is 79.9. The van der Waals surface area contributed by atoms with E-state index >= 15 is 0 Å². The van der Waals surface area contributed by atoms with Gasteiger partial charge in [0, 0.05) is 10.0 Å². The van der Waals surface area contributed by atoms with Gasteiger partial charge in [0.25, 0.3) is 0 Å². The van der Waals surface area contributed by atoms with Crippen molar-refractivity contribution in [3.63, 3.8) is 0 Å². The minimum absolute atomic E-state index is 0.833. The maximum Gasteiger partial charge on any atom is 0.0876 e. The van der Waals surface area contributed by atoms with E-state index in [-0.39, 0.29) is 0 Å². The Morgan fingerprint density at radius 2 is 2.17 bits per heavy atom. The lowest BCUT2D eigenvalue weighted by molar-refractivity contribution is 0.319. The van der Waals surface area contributed by atoms with Crippen molar-refractivity contribution >= 4 is 27.2 Å². The zero-order chi connectivity index (χ0) is 13.0. The molecule has 1 aromatic carbocycles. The van der Waals surface area contributed by atoms with Crippen molar-refractivity contribution in [2.24, 2.45) is 5.16 Å². The van der Waals surface area contributed by atoms with Gasteiger partial charge >= 0.3 is 0 Å². The monoisotopic (exact) mass is 307 g/mol. The third-order valence-corrected chi connectivity index (χ3v) is 3.87. The van der Waals surface area contributed by atoms with Crippen molar-refractivity contribution in [2.75, 3.05) is 0 Å². The van der Waals surface area contributed by atoms with Crippen molar-refractivity contribution < 1.29 is 5.21 Å². The molecule has 0 saturated heterocycles. The summed E-state index contributed by atoms with van der Waals surface area (Å²) in [6.07, 6.45) is 5.39. The zero-order valence-electron chi connectivity index (χ0n) is 10.6. The fourth-order valence-electron chi connectivity index (χ4n) is 2.48. The number of hydrogen-bond donors (Lipinski definition) is 1. The summed E-state index contributed by atoms with van der Waals surface area (Å²) >= 11 is 3.50. The van der Waals surface area contributed by atoms with Gasteiger partial charge < -0.3 is 5.21 Å². The Balaban J connectivity index is 2.40. The third kappa shape index (κ3) is 2.83. The molecule has 0 saturated carbocycles. The average molecular weight is 308 g/mol. The van der Waals surface area contributed by atoms with Crippen LogP contribution < -0.4 is 0 Å². The molecule has 3 heteroatoms. The Labute approximate surface area is 117 Å². The van der Waals surface area contributed by atoms with Crippen molar-refractivity contribution in [2.45, 2.75) is 39.0 Å². The first-order chi connectivity index (χ1) is 8.76. The van der Waals surface area contributed by atoms with E-state index in [1.54, 1.807) is 0 Å². The Kier molecular flexibility index (Phi) is 4.59. The first-order valence-corrected chi connectivity index (χ1v) is 7.24. The average Bonchev–Trinajstić information content (AvgIpc) is 2.79. The Morgan fingerprint density at radius 3 is 2.83 bits per heavy atom. The quantitative estimate of drug-likeness (QED) is 0.615. The molecule has 1 N–H and O–H groups in total. The molecule has 0 spiro atoms. The summed E-state index contributed by atoms with van der Waals surface area (Å²) in [7, 11) is 0. The summed E-state index contributed by atoms with van der Waals surface area (Å²) < 4.78 is 1.06. The van der Waals surface area contributed by atoms with Crippen molar-refractivity contribution in [1.29, 1.82) is 0 Å². The second-order valence-electron chi connectivity index (χ2n) is 4.64. The molecule has 0 aliphatic heterocycles. The van der Waals surface area contributed by atoms with Crippen molar-refractivity contribution in [3.05, 3.63) is 39.9 Å². The third-order valence-electron chi connectivity index (χ3n) is 3.37. The summed E-state index contributed by atoms with van der Waals surface area (Å²) in [5.41, 5.74) is 4.58. The molecule has 0 aromatic heterocycles. The van der Waals surface area contributed by atoms with Crippen LogP contribution in [-0.2, 0) is 0 Å². The van der Waals surface area contributed by atoms with Gasteiger partial charge in [0.15, 0.2) is 0 Å². The van der Waals surface area contributed by atoms with Crippen LogP contribution in [0.4, 0.5) is 0 Å². The van der Waals surface area contributed by atoms with Crippen LogP contribution in [0.5, 0.6) is 0 Å². The van der Waals surface area contributed by atoms with Gasteiger partial charge in [-0.1, -0.05) is 52.1 Å². The second kappa shape index (κ2) is 6.19. The molecule has 0 unspecified atom stereocenters. The minimum atomic E-state index is 0.833. The normalized spacial score (nSPS) is 17.8. The van der Waals surface area contributed by atoms with E-state index in [0.29, 0.717) is 0 Å². The van der Waals surface area contributed by atoms with E-state index in [1.807, 2.05) is 12.1 Å². The number of halogens is 1. The topological polar surface area (TPSA) is 32.6 Å². The molecule has 96 valence electrons. The highest BCUT2D eigenvalue weighted by Crippen LogP contribution is 2.35. The lowest BCUT2D eigenvalue weighted by Gasteiger charge is -2.08. The summed E-state index contributed by atoms with van der Waals surface area (Å²) in [4.78, 5) is 0. The molecule has 1 aromatic rings. The summed E-state index contributed by atoms with van der Waals surface area (Å²) in [6, 6.07) is 8.22. The molecule has 0 bridgehead atoms. The Bertz CT molecular complexity index is 491. The fourth-order valence-corrected chi connectivity index (χ4v) is 2.88. The molecule has 0 fully saturated rings. The molecule has 0 heterocycles. The largest absolute Gasteiger partial charge is 0.411 e. The van der Waals surface area contributed by atoms with Gasteiger partial charge in [-0.3, -0.25) is 0 Å². The van der Waals surface area contributed by atoms with E-state index < -0.39 is 0 Å². The number of hydrogen-bond acceptors (Lipinski definition) is 2. The van der Waals surface area contributed by atoms with E-state index in [0.717, 1.165) is 40.6 Å². The number of rotatable bonds is 4. The highest BCUT2D eigenvalue weighted by Gasteiger charge is 2.22. The summed E-state index contributed by atoms with van der Waals surface area (Å²) in [5, 5.41) is 12.6. The molecule has 1 aliphatic rings. The van der Waals surface area contributed by atoms with Crippen LogP contribution in [0.2, 0.25) is 0 Å². The zero-order valence-corrected chi connectivity index (χ0v) is 12.2. The van der Waals surface area contributed by atoms with Crippen LogP contribution in [0, 0.1) is 0 Å². The second-order valence-corrected chi connectivity index (χ2v) is 5.55. The molecule has 0 amide bonds. The summed E-state index contributed by atoms with van der Waals surface area (Å²) in [5.74, 6) is 0. The predicted molar refractivity (Wildman–Crippen MR) is 79.0 cm³/mol. The van der Waals surface area contributed by atoms with Crippen LogP contribution >= 0.6 is 15.9 Å². The lowest BCUT2D eigenvalue weighted by Crippen LogP contribution is -1.97. The van der Waals surface area contributed by atoms with Gasteiger partial charge in [0.1, 0.15) is 0 Å². The number of allylic oxidation sites excluding steroid dienone is 2. The van der Waals surface area contributed by atoms with Crippen molar-refractivity contribution in [1.82, 2.24) is 0 Å².